The van der Waals surface area contributed by atoms with Gasteiger partial charge in [-0.05, 0) is 57.9 Å². The average molecular weight is 444 g/mol. The van der Waals surface area contributed by atoms with Crippen molar-refractivity contribution < 1.29 is 29.0 Å². The highest BCUT2D eigenvalue weighted by Gasteiger charge is 2.36. The van der Waals surface area contributed by atoms with E-state index >= 15 is 0 Å². The number of phenolic OH excluding ortho intramolecular Hbond substituents is 1. The van der Waals surface area contributed by atoms with Gasteiger partial charge in [0.25, 0.3) is 11.1 Å². The number of nitrogens with zero attached hydrogens (tertiary/aromatic N) is 1. The van der Waals surface area contributed by atoms with E-state index in [2.05, 4.69) is 15.9 Å². The molecule has 1 aliphatic rings. The highest BCUT2D eigenvalue weighted by atomic mass is 79.9. The third kappa shape index (κ3) is 4.79. The monoisotopic (exact) mass is 443 g/mol. The van der Waals surface area contributed by atoms with E-state index in [1.807, 2.05) is 6.92 Å². The zero-order valence-electron chi connectivity index (χ0n) is 14.3. The van der Waals surface area contributed by atoms with Crippen molar-refractivity contribution in [2.45, 2.75) is 19.8 Å². The maximum absolute atomic E-state index is 12.4. The van der Waals surface area contributed by atoms with E-state index in [9.17, 15) is 19.5 Å². The van der Waals surface area contributed by atoms with E-state index in [1.54, 1.807) is 6.07 Å². The largest absolute Gasteiger partial charge is 0.503 e. The molecule has 1 aromatic rings. The molecule has 2 rings (SSSR count). The van der Waals surface area contributed by atoms with E-state index in [0.29, 0.717) is 10.0 Å². The Morgan fingerprint density at radius 2 is 2.12 bits per heavy atom. The van der Waals surface area contributed by atoms with E-state index in [1.165, 1.54) is 19.3 Å². The number of imide groups is 1. The van der Waals surface area contributed by atoms with Crippen LogP contribution in [0.2, 0.25) is 0 Å². The van der Waals surface area contributed by atoms with Gasteiger partial charge in [0.15, 0.2) is 11.5 Å². The van der Waals surface area contributed by atoms with Gasteiger partial charge in [-0.15, -0.1) is 0 Å². The Morgan fingerprint density at radius 1 is 1.38 bits per heavy atom. The summed E-state index contributed by atoms with van der Waals surface area (Å²) in [6.45, 7) is 1.82. The molecular weight excluding hydrogens is 426 g/mol. The molecule has 0 radical (unpaired) electrons. The Bertz CT molecular complexity index is 764. The van der Waals surface area contributed by atoms with Crippen molar-refractivity contribution in [2.24, 2.45) is 0 Å². The Morgan fingerprint density at radius 3 is 2.77 bits per heavy atom. The van der Waals surface area contributed by atoms with E-state index in [-0.39, 0.29) is 23.0 Å². The first-order chi connectivity index (χ1) is 12.4. The molecular formula is C17H18BrNO6S. The molecule has 0 saturated carbocycles. The molecule has 0 aliphatic carbocycles. The number of aromatic hydroxyl groups is 1. The number of carbonyl (C=O) groups excluding carboxylic acids is 3. The van der Waals surface area contributed by atoms with E-state index < -0.39 is 23.7 Å². The normalized spacial score (nSPS) is 15.7. The zero-order chi connectivity index (χ0) is 19.3. The van der Waals surface area contributed by atoms with Crippen LogP contribution in [0, 0.1) is 0 Å². The van der Waals surface area contributed by atoms with Crippen molar-refractivity contribution >= 4 is 50.9 Å². The van der Waals surface area contributed by atoms with Crippen LogP contribution >= 0.6 is 27.7 Å². The molecule has 0 atom stereocenters. The van der Waals surface area contributed by atoms with Gasteiger partial charge in [0.1, 0.15) is 6.54 Å². The number of phenols is 1. The number of amides is 2. The molecule has 9 heteroatoms. The van der Waals surface area contributed by atoms with Crippen molar-refractivity contribution in [3.8, 4) is 11.5 Å². The molecule has 1 N–H and O–H groups in total. The minimum atomic E-state index is -0.615. The summed E-state index contributed by atoms with van der Waals surface area (Å²) in [7, 11) is 1.41. The lowest BCUT2D eigenvalue weighted by atomic mass is 10.2. The van der Waals surface area contributed by atoms with Gasteiger partial charge >= 0.3 is 5.97 Å². The minimum absolute atomic E-state index is 0.0624. The van der Waals surface area contributed by atoms with Gasteiger partial charge in [-0.2, -0.15) is 0 Å². The number of carbonyl (C=O) groups is 3. The summed E-state index contributed by atoms with van der Waals surface area (Å²) in [5.41, 5.74) is 0.558. The molecule has 1 fully saturated rings. The number of halogens is 1. The summed E-state index contributed by atoms with van der Waals surface area (Å²) in [5.74, 6) is -1.01. The van der Waals surface area contributed by atoms with Crippen molar-refractivity contribution in [3.05, 3.63) is 27.1 Å². The average Bonchev–Trinajstić information content (AvgIpc) is 2.85. The standard InChI is InChI=1S/C17H18BrNO6S/c1-3-4-5-25-14(20)9-19-16(22)13(26-17(19)23)8-10-6-11(18)15(21)12(7-10)24-2/h6-8,21H,3-5,9H2,1-2H3/b13-8+. The lowest BCUT2D eigenvalue weighted by Crippen LogP contribution is -2.34. The molecule has 26 heavy (non-hydrogen) atoms. The van der Waals surface area contributed by atoms with E-state index in [0.717, 1.165) is 29.5 Å². The van der Waals surface area contributed by atoms with Crippen LogP contribution in [-0.2, 0) is 14.3 Å². The Hall–Kier alpha value is -2.00. The van der Waals surface area contributed by atoms with Crippen LogP contribution in [0.5, 0.6) is 11.5 Å². The first-order valence-electron chi connectivity index (χ1n) is 7.84. The van der Waals surface area contributed by atoms with Crippen LogP contribution in [0.3, 0.4) is 0 Å². The number of thioether (sulfide) groups is 1. The highest BCUT2D eigenvalue weighted by molar-refractivity contribution is 9.10. The van der Waals surface area contributed by atoms with Crippen LogP contribution in [0.1, 0.15) is 25.3 Å². The van der Waals surface area contributed by atoms with Crippen LogP contribution < -0.4 is 4.74 Å². The van der Waals surface area contributed by atoms with Crippen molar-refractivity contribution in [1.82, 2.24) is 4.90 Å². The number of ether oxygens (including phenoxy) is 2. The smallest absolute Gasteiger partial charge is 0.326 e. The highest BCUT2D eigenvalue weighted by Crippen LogP contribution is 2.38. The summed E-state index contributed by atoms with van der Waals surface area (Å²) in [6, 6.07) is 3.12. The quantitative estimate of drug-likeness (QED) is 0.391. The molecule has 1 heterocycles. The minimum Gasteiger partial charge on any atom is -0.503 e. The van der Waals surface area contributed by atoms with Gasteiger partial charge < -0.3 is 14.6 Å². The summed E-state index contributed by atoms with van der Waals surface area (Å²) >= 11 is 3.94. The lowest BCUT2D eigenvalue weighted by Gasteiger charge is -2.11. The van der Waals surface area contributed by atoms with Gasteiger partial charge in [0.05, 0.1) is 23.1 Å². The van der Waals surface area contributed by atoms with Gasteiger partial charge in [-0.1, -0.05) is 13.3 Å². The van der Waals surface area contributed by atoms with Crippen LogP contribution in [-0.4, -0.2) is 47.4 Å². The number of rotatable bonds is 7. The van der Waals surface area contributed by atoms with Crippen LogP contribution in [0.25, 0.3) is 6.08 Å². The molecule has 1 aromatic carbocycles. The summed E-state index contributed by atoms with van der Waals surface area (Å²) < 4.78 is 10.4. The number of hydrogen-bond acceptors (Lipinski definition) is 7. The number of esters is 1. The molecule has 0 spiro atoms. The second-order valence-electron chi connectivity index (χ2n) is 5.40. The Labute approximate surface area is 163 Å². The summed E-state index contributed by atoms with van der Waals surface area (Å²) in [5, 5.41) is 9.30. The number of methoxy groups -OCH3 is 1. The van der Waals surface area contributed by atoms with Gasteiger partial charge in [-0.25, -0.2) is 0 Å². The van der Waals surface area contributed by atoms with E-state index in [4.69, 9.17) is 9.47 Å². The van der Waals surface area contributed by atoms with Crippen molar-refractivity contribution in [1.29, 1.82) is 0 Å². The Kier molecular flexibility index (Phi) is 7.10. The lowest BCUT2D eigenvalue weighted by molar-refractivity contribution is -0.146. The molecule has 1 saturated heterocycles. The number of unbranched alkanes of at least 4 members (excludes halogenated alkanes) is 1. The fourth-order valence-corrected chi connectivity index (χ4v) is 3.42. The molecule has 1 aliphatic heterocycles. The first-order valence-corrected chi connectivity index (χ1v) is 9.45. The molecule has 0 aromatic heterocycles. The van der Waals surface area contributed by atoms with Gasteiger partial charge in [0, 0.05) is 0 Å². The third-order valence-corrected chi connectivity index (χ3v) is 5.00. The van der Waals surface area contributed by atoms with Crippen LogP contribution in [0.15, 0.2) is 21.5 Å². The fourth-order valence-electron chi connectivity index (χ4n) is 2.13. The number of benzene rings is 1. The number of hydrogen-bond donors (Lipinski definition) is 1. The topological polar surface area (TPSA) is 93.1 Å². The zero-order valence-corrected chi connectivity index (χ0v) is 16.7. The van der Waals surface area contributed by atoms with Crippen LogP contribution in [0.4, 0.5) is 4.79 Å². The second-order valence-corrected chi connectivity index (χ2v) is 7.24. The molecule has 0 bridgehead atoms. The van der Waals surface area contributed by atoms with Gasteiger partial charge in [0.2, 0.25) is 0 Å². The van der Waals surface area contributed by atoms with Crippen molar-refractivity contribution in [2.75, 3.05) is 20.3 Å². The maximum atomic E-state index is 12.4. The summed E-state index contributed by atoms with van der Waals surface area (Å²) in [6.07, 6.45) is 3.11. The predicted octanol–water partition coefficient (Wildman–Crippen LogP) is 3.54. The third-order valence-electron chi connectivity index (χ3n) is 3.49. The molecule has 140 valence electrons. The second kappa shape index (κ2) is 9.09. The molecule has 0 unspecified atom stereocenters. The summed E-state index contributed by atoms with van der Waals surface area (Å²) in [4.78, 5) is 37.2. The first kappa shape index (κ1) is 20.3. The molecule has 2 amide bonds. The fraction of sp³-hybridized carbons (Fsp3) is 0.353. The molecule has 7 nitrogen and oxygen atoms in total. The van der Waals surface area contributed by atoms with Gasteiger partial charge in [-0.3, -0.25) is 19.3 Å². The SMILES string of the molecule is CCCCOC(=O)CN1C(=O)S/C(=C/c2cc(Br)c(O)c(OC)c2)C1=O. The van der Waals surface area contributed by atoms with Crippen molar-refractivity contribution in [3.63, 3.8) is 0 Å². The predicted molar refractivity (Wildman–Crippen MR) is 101 cm³/mol. The Balaban J connectivity index is 2.14. The maximum Gasteiger partial charge on any atom is 0.326 e.